The summed E-state index contributed by atoms with van der Waals surface area (Å²) in [4.78, 5) is 30.0. The van der Waals surface area contributed by atoms with Gasteiger partial charge in [0.15, 0.2) is 11.3 Å². The summed E-state index contributed by atoms with van der Waals surface area (Å²) in [6.07, 6.45) is 0. The van der Waals surface area contributed by atoms with Gasteiger partial charge in [-0.25, -0.2) is 14.1 Å². The van der Waals surface area contributed by atoms with Crippen LogP contribution in [-0.4, -0.2) is 20.5 Å². The highest BCUT2D eigenvalue weighted by atomic mass is 32.1. The van der Waals surface area contributed by atoms with Gasteiger partial charge in [0, 0.05) is 5.56 Å². The first-order chi connectivity index (χ1) is 12.5. The minimum atomic E-state index is -0.403. The molecule has 0 unspecified atom stereocenters. The molecule has 8 heteroatoms. The number of aromatic nitrogens is 3. The summed E-state index contributed by atoms with van der Waals surface area (Å²) >= 11 is 2.67. The molecule has 1 aromatic carbocycles. The molecule has 0 radical (unpaired) electrons. The molecule has 130 valence electrons. The van der Waals surface area contributed by atoms with Gasteiger partial charge in [-0.3, -0.25) is 9.59 Å². The Balaban J connectivity index is 1.88. The van der Waals surface area contributed by atoms with Gasteiger partial charge in [0.2, 0.25) is 0 Å². The smallest absolute Gasteiger partial charge is 0.291 e. The van der Waals surface area contributed by atoms with Gasteiger partial charge in [-0.05, 0) is 42.6 Å². The fourth-order valence-electron chi connectivity index (χ4n) is 2.62. The number of thiophene rings is 1. The van der Waals surface area contributed by atoms with Crippen LogP contribution >= 0.6 is 22.7 Å². The lowest BCUT2D eigenvalue weighted by Gasteiger charge is -2.08. The number of hydrogen-bond acceptors (Lipinski definition) is 6. The Morgan fingerprint density at radius 2 is 2.00 bits per heavy atom. The molecule has 0 atom stereocenters. The first-order valence-electron chi connectivity index (χ1n) is 7.74. The zero-order valence-electron chi connectivity index (χ0n) is 13.6. The van der Waals surface area contributed by atoms with Crippen molar-refractivity contribution in [3.05, 3.63) is 67.8 Å². The monoisotopic (exact) mass is 385 g/mol. The predicted octanol–water partition coefficient (Wildman–Crippen LogP) is 3.91. The van der Waals surface area contributed by atoms with Crippen LogP contribution in [0.2, 0.25) is 0 Å². The lowest BCUT2D eigenvalue weighted by atomic mass is 10.1. The standard InChI is InChI=1S/C18H12FN3O2S2/c1-10-20-16-17(26-10)15(11-4-6-12(19)7-5-11)21-22(18(16)24)9-13(23)14-3-2-8-25-14/h2-8H,9H2,1H3. The van der Waals surface area contributed by atoms with Gasteiger partial charge in [0.1, 0.15) is 18.1 Å². The summed E-state index contributed by atoms with van der Waals surface area (Å²) in [7, 11) is 0. The molecule has 5 nitrogen and oxygen atoms in total. The van der Waals surface area contributed by atoms with E-state index in [1.165, 1.54) is 34.8 Å². The third-order valence-electron chi connectivity index (χ3n) is 3.81. The van der Waals surface area contributed by atoms with E-state index in [9.17, 15) is 14.0 Å². The van der Waals surface area contributed by atoms with Crippen molar-refractivity contribution in [3.63, 3.8) is 0 Å². The molecule has 4 aromatic rings. The molecular weight excluding hydrogens is 373 g/mol. The molecule has 0 aliphatic heterocycles. The van der Waals surface area contributed by atoms with E-state index in [2.05, 4.69) is 10.1 Å². The van der Waals surface area contributed by atoms with Crippen LogP contribution in [0, 0.1) is 12.7 Å². The Morgan fingerprint density at radius 3 is 2.69 bits per heavy atom. The van der Waals surface area contributed by atoms with Crippen LogP contribution in [0.25, 0.3) is 21.5 Å². The molecule has 0 aliphatic carbocycles. The Bertz CT molecular complexity index is 1160. The first kappa shape index (κ1) is 16.7. The van der Waals surface area contributed by atoms with Crippen LogP contribution < -0.4 is 5.56 Å². The van der Waals surface area contributed by atoms with Crippen LogP contribution in [0.5, 0.6) is 0 Å². The maximum atomic E-state index is 13.3. The van der Waals surface area contributed by atoms with E-state index < -0.39 is 5.56 Å². The van der Waals surface area contributed by atoms with E-state index in [-0.39, 0.29) is 23.7 Å². The van der Waals surface area contributed by atoms with Gasteiger partial charge in [0.25, 0.3) is 5.56 Å². The normalized spacial score (nSPS) is 11.2. The van der Waals surface area contributed by atoms with Crippen molar-refractivity contribution in [1.82, 2.24) is 14.8 Å². The van der Waals surface area contributed by atoms with Gasteiger partial charge >= 0.3 is 0 Å². The topological polar surface area (TPSA) is 64.8 Å². The van der Waals surface area contributed by atoms with Crippen molar-refractivity contribution >= 4 is 38.7 Å². The lowest BCUT2D eigenvalue weighted by molar-refractivity contribution is 0.0970. The molecule has 0 fully saturated rings. The number of aryl methyl sites for hydroxylation is 1. The van der Waals surface area contributed by atoms with Gasteiger partial charge < -0.3 is 0 Å². The zero-order valence-corrected chi connectivity index (χ0v) is 15.2. The molecule has 0 spiro atoms. The number of halogens is 1. The maximum absolute atomic E-state index is 13.3. The van der Waals surface area contributed by atoms with Crippen molar-refractivity contribution in [2.75, 3.05) is 0 Å². The fraction of sp³-hybridized carbons (Fsp3) is 0.111. The fourth-order valence-corrected chi connectivity index (χ4v) is 4.20. The van der Waals surface area contributed by atoms with Crippen LogP contribution in [0.3, 0.4) is 0 Å². The summed E-state index contributed by atoms with van der Waals surface area (Å²) in [5, 5.41) is 6.93. The van der Waals surface area contributed by atoms with E-state index >= 15 is 0 Å². The quantitative estimate of drug-likeness (QED) is 0.500. The first-order valence-corrected chi connectivity index (χ1v) is 9.43. The molecule has 4 rings (SSSR count). The number of nitrogens with zero attached hydrogens (tertiary/aromatic N) is 3. The third-order valence-corrected chi connectivity index (χ3v) is 5.70. The Morgan fingerprint density at radius 1 is 1.23 bits per heavy atom. The second-order valence-corrected chi connectivity index (χ2v) is 7.78. The number of thiazole rings is 1. The number of hydrogen-bond donors (Lipinski definition) is 0. The summed E-state index contributed by atoms with van der Waals surface area (Å²) in [6, 6.07) is 9.37. The molecule has 0 amide bonds. The molecular formula is C18H12FN3O2S2. The highest BCUT2D eigenvalue weighted by Crippen LogP contribution is 2.29. The second kappa shape index (κ2) is 6.54. The molecule has 3 aromatic heterocycles. The van der Waals surface area contributed by atoms with Gasteiger partial charge in [-0.2, -0.15) is 5.10 Å². The van der Waals surface area contributed by atoms with E-state index in [1.54, 1.807) is 36.6 Å². The van der Waals surface area contributed by atoms with Crippen molar-refractivity contribution < 1.29 is 9.18 Å². The van der Waals surface area contributed by atoms with Crippen molar-refractivity contribution in [1.29, 1.82) is 0 Å². The number of Topliss-reactive ketones (excluding diaryl/α,β-unsaturated/α-hetero) is 1. The summed E-state index contributed by atoms with van der Waals surface area (Å²) in [5.74, 6) is -0.544. The molecule has 0 N–H and O–H groups in total. The SMILES string of the molecule is Cc1nc2c(=O)n(CC(=O)c3cccs3)nc(-c3ccc(F)cc3)c2s1. The second-order valence-electron chi connectivity index (χ2n) is 5.63. The van der Waals surface area contributed by atoms with E-state index in [4.69, 9.17) is 0 Å². The van der Waals surface area contributed by atoms with Crippen LogP contribution in [0.15, 0.2) is 46.6 Å². The molecule has 0 bridgehead atoms. The van der Waals surface area contributed by atoms with E-state index in [0.29, 0.717) is 20.8 Å². The summed E-state index contributed by atoms with van der Waals surface area (Å²) in [5.41, 5.74) is 1.06. The Hall–Kier alpha value is -2.71. The minimum absolute atomic E-state index is 0.167. The molecule has 0 saturated heterocycles. The molecule has 0 saturated carbocycles. The van der Waals surface area contributed by atoms with Crippen LogP contribution in [0.4, 0.5) is 4.39 Å². The highest BCUT2D eigenvalue weighted by Gasteiger charge is 2.18. The van der Waals surface area contributed by atoms with Crippen molar-refractivity contribution in [3.8, 4) is 11.3 Å². The van der Waals surface area contributed by atoms with Crippen LogP contribution in [-0.2, 0) is 6.54 Å². The zero-order chi connectivity index (χ0) is 18.3. The highest BCUT2D eigenvalue weighted by molar-refractivity contribution is 7.19. The van der Waals surface area contributed by atoms with Crippen molar-refractivity contribution in [2.24, 2.45) is 0 Å². The average molecular weight is 385 g/mol. The maximum Gasteiger partial charge on any atom is 0.294 e. The largest absolute Gasteiger partial charge is 0.294 e. The number of benzene rings is 1. The minimum Gasteiger partial charge on any atom is -0.291 e. The number of rotatable bonds is 4. The average Bonchev–Trinajstić information content (AvgIpc) is 3.28. The number of carbonyl (C=O) groups is 1. The number of carbonyl (C=O) groups excluding carboxylic acids is 1. The van der Waals surface area contributed by atoms with Gasteiger partial charge in [0.05, 0.1) is 14.6 Å². The van der Waals surface area contributed by atoms with E-state index in [1.807, 2.05) is 0 Å². The number of fused-ring (bicyclic) bond motifs is 1. The predicted molar refractivity (Wildman–Crippen MR) is 100 cm³/mol. The van der Waals surface area contributed by atoms with E-state index in [0.717, 1.165) is 9.69 Å². The van der Waals surface area contributed by atoms with Crippen molar-refractivity contribution in [2.45, 2.75) is 13.5 Å². The summed E-state index contributed by atoms with van der Waals surface area (Å²) < 4.78 is 15.0. The summed E-state index contributed by atoms with van der Waals surface area (Å²) in [6.45, 7) is 1.64. The third kappa shape index (κ3) is 2.97. The Labute approximate surface area is 155 Å². The number of ketones is 1. The Kier molecular flexibility index (Phi) is 4.21. The molecule has 0 aliphatic rings. The van der Waals surface area contributed by atoms with Gasteiger partial charge in [-0.1, -0.05) is 6.07 Å². The molecule has 26 heavy (non-hydrogen) atoms. The van der Waals surface area contributed by atoms with Crippen LogP contribution in [0.1, 0.15) is 14.7 Å². The van der Waals surface area contributed by atoms with Gasteiger partial charge in [-0.15, -0.1) is 22.7 Å². The lowest BCUT2D eigenvalue weighted by Crippen LogP contribution is -2.27. The molecule has 3 heterocycles.